The summed E-state index contributed by atoms with van der Waals surface area (Å²) in [5.41, 5.74) is 4.66. The van der Waals surface area contributed by atoms with Gasteiger partial charge in [-0.3, -0.25) is 33.6 Å². The smallest absolute Gasteiger partial charge is 0.338 e. The molecular formula is C70H130ClIN6O15. The number of nitriles is 2. The number of ether oxygens (including phenoxy) is 4. The van der Waals surface area contributed by atoms with Gasteiger partial charge in [-0.2, -0.15) is 10.5 Å². The van der Waals surface area contributed by atoms with E-state index >= 15 is 0 Å². The van der Waals surface area contributed by atoms with Crippen LogP contribution < -0.4 is 21.7 Å². The van der Waals surface area contributed by atoms with Crippen molar-refractivity contribution in [3.8, 4) is 12.1 Å². The molecule has 8 atom stereocenters. The van der Waals surface area contributed by atoms with Crippen molar-refractivity contribution >= 4 is 88.2 Å². The van der Waals surface area contributed by atoms with Gasteiger partial charge in [0.05, 0.1) is 25.2 Å². The van der Waals surface area contributed by atoms with Gasteiger partial charge in [-0.25, -0.2) is 9.59 Å². The van der Waals surface area contributed by atoms with Crippen molar-refractivity contribution in [1.82, 2.24) is 16.0 Å². The quantitative estimate of drug-likeness (QED) is 0.0151. The van der Waals surface area contributed by atoms with Crippen molar-refractivity contribution in [2.75, 3.05) is 32.8 Å². The number of carbonyl (C=O) groups excluding carboxylic acids is 7. The highest BCUT2D eigenvalue weighted by Gasteiger charge is 2.52. The molecule has 0 bridgehead atoms. The maximum Gasteiger partial charge on any atom is 0.338 e. The number of nitrogens with zero attached hydrogens (tertiary/aromatic N) is 2. The number of hydrogen-bond donors (Lipinski definition) is 6. The van der Waals surface area contributed by atoms with E-state index in [0.29, 0.717) is 77.0 Å². The Morgan fingerprint density at radius 3 is 1.11 bits per heavy atom. The number of ketones is 2. The number of rotatable bonds is 34. The minimum Gasteiger partial charge on any atom is -0.480 e. The molecule has 7 N–H and O–H groups in total. The third-order valence-corrected chi connectivity index (χ3v) is 12.3. The predicted octanol–water partition coefficient (Wildman–Crippen LogP) is 12.9. The molecule has 0 saturated carbocycles. The van der Waals surface area contributed by atoms with Crippen LogP contribution in [0, 0.1) is 99.5 Å². The molecule has 0 spiro atoms. The van der Waals surface area contributed by atoms with Crippen LogP contribution in [0.4, 0.5) is 0 Å². The molecule has 2 heterocycles. The zero-order valence-corrected chi connectivity index (χ0v) is 64.1. The number of aliphatic carboxylic acids is 2. The van der Waals surface area contributed by atoms with Crippen LogP contribution in [0.2, 0.25) is 0 Å². The zero-order valence-electron chi connectivity index (χ0n) is 68.1. The van der Waals surface area contributed by atoms with Crippen LogP contribution in [-0.2, 0) is 62.1 Å². The van der Waals surface area contributed by atoms with Crippen LogP contribution in [0.5, 0.6) is 0 Å². The fourth-order valence-electron chi connectivity index (χ4n) is 7.78. The van der Waals surface area contributed by atoms with E-state index in [1.165, 1.54) is 13.8 Å². The standard InChI is InChI=1S/C18H31NO5.C17H33NO3.C16H27NO5.C6H9NO2.C5H13N.C5H9N.C3H7I.ClH/c1-6-23-18(22)16-15(24-16)14(20)10-13(9-12(4)5)17(21)19-8-7-11(2)3;1-12(2)8-9-18-16(20)14(10-13(3)4)11-15(19)21-17(5,6)7;1-9(2)5-6-17-15(19)11(7-10(3)4)8-12(18)13-14(22-13)16(20)21;1-4(2)5(3-7)6(8)9;2*1-5(2)3-4-6;1-3(2)4;/h11-13,15-16H,6-10H2,1-5H3,(H,19,21);12-14H,8-11H2,1-7H3,(H,18,20);9-11,13-14H,5-8H2,1-4H3,(H,17,19)(H,20,21);4-5H,1-2H3,(H,8,9);5H,3-4,6H2,1-2H3;5H,3H2,1-2H3;3H,1-2H3;1H/t13-,15-,16+;14-;11-,13-,14+;;;;;/m111...../s1/i11D;12D;9D;4D;2*5D;3D;. The molecule has 0 aromatic carbocycles. The molecule has 0 aliphatic carbocycles. The summed E-state index contributed by atoms with van der Waals surface area (Å²) in [6.45, 7) is 45.6. The van der Waals surface area contributed by atoms with Gasteiger partial charge in [-0.15, -0.1) is 12.4 Å². The van der Waals surface area contributed by atoms with Crippen LogP contribution in [-0.4, -0.2) is 130 Å². The van der Waals surface area contributed by atoms with Gasteiger partial charge in [-0.05, 0) is 132 Å². The summed E-state index contributed by atoms with van der Waals surface area (Å²) in [5.74, 6) is -9.96. The lowest BCUT2D eigenvalue weighted by molar-refractivity contribution is -0.157. The van der Waals surface area contributed by atoms with E-state index in [9.17, 15) is 43.2 Å². The summed E-state index contributed by atoms with van der Waals surface area (Å²) < 4.78 is 71.7. The van der Waals surface area contributed by atoms with Crippen molar-refractivity contribution in [1.29, 1.82) is 10.5 Å². The van der Waals surface area contributed by atoms with E-state index in [1.807, 2.05) is 133 Å². The van der Waals surface area contributed by atoms with Crippen molar-refractivity contribution < 1.29 is 81.9 Å². The lowest BCUT2D eigenvalue weighted by Crippen LogP contribution is -2.35. The van der Waals surface area contributed by atoms with Crippen molar-refractivity contribution in [2.24, 2.45) is 82.5 Å². The summed E-state index contributed by atoms with van der Waals surface area (Å²) in [7, 11) is 0. The maximum atomic E-state index is 12.4. The number of nitrogens with one attached hydrogen (secondary N) is 3. The maximum absolute atomic E-state index is 12.4. The number of Topliss-reactive ketones (excluding diaryl/α,β-unsaturated/α-hetero) is 2. The topological polar surface area (TPSA) is 347 Å². The average Bonchev–Trinajstić information content (AvgIpc) is 1.66. The number of nitrogens with two attached hydrogens (primary N) is 1. The fraction of sp³-hybridized carbons (Fsp3) is 0.843. The van der Waals surface area contributed by atoms with Crippen LogP contribution in [0.25, 0.3) is 0 Å². The molecule has 93 heavy (non-hydrogen) atoms. The molecule has 0 aromatic rings. The summed E-state index contributed by atoms with van der Waals surface area (Å²) in [6.07, 6.45) is 1.08. The molecule has 3 amide bonds. The molecule has 2 saturated heterocycles. The van der Waals surface area contributed by atoms with Crippen molar-refractivity contribution in [3.05, 3.63) is 0 Å². The molecule has 2 rings (SSSR count). The Hall–Kier alpha value is -4.49. The van der Waals surface area contributed by atoms with Crippen molar-refractivity contribution in [2.45, 2.75) is 271 Å². The first-order valence-corrected chi connectivity index (χ1v) is 33.1. The summed E-state index contributed by atoms with van der Waals surface area (Å²) in [5, 5.41) is 41.9. The van der Waals surface area contributed by atoms with Gasteiger partial charge in [0.1, 0.15) is 11.5 Å². The highest BCUT2D eigenvalue weighted by Crippen LogP contribution is 2.30. The third kappa shape index (κ3) is 62.1. The first-order valence-electron chi connectivity index (χ1n) is 35.6. The minimum atomic E-state index is -1.24. The lowest BCUT2D eigenvalue weighted by atomic mass is 9.90. The zero-order chi connectivity index (χ0) is 79.2. The third-order valence-electron chi connectivity index (χ3n) is 12.3. The Morgan fingerprint density at radius 2 is 0.903 bits per heavy atom. The monoisotopic (exact) mass is 1460 g/mol. The van der Waals surface area contributed by atoms with Crippen LogP contribution in [0.1, 0.15) is 246 Å². The van der Waals surface area contributed by atoms with Crippen molar-refractivity contribution in [3.63, 3.8) is 0 Å². The average molecular weight is 1470 g/mol. The molecule has 1 unspecified atom stereocenters. The number of alkyl halides is 1. The Balaban J connectivity index is -0.000000276. The highest BCUT2D eigenvalue weighted by atomic mass is 127. The van der Waals surface area contributed by atoms with Gasteiger partial charge in [0, 0.05) is 70.1 Å². The molecule has 21 nitrogen and oxygen atoms in total. The molecule has 2 fully saturated rings. The van der Waals surface area contributed by atoms with Gasteiger partial charge in [0.15, 0.2) is 36.0 Å². The second-order valence-electron chi connectivity index (χ2n) is 27.0. The molecule has 2 aliphatic rings. The largest absolute Gasteiger partial charge is 0.480 e. The van der Waals surface area contributed by atoms with E-state index in [-0.39, 0.29) is 101 Å². The van der Waals surface area contributed by atoms with E-state index < -0.39 is 95.1 Å². The summed E-state index contributed by atoms with van der Waals surface area (Å²) in [4.78, 5) is 106. The number of carboxylic acids is 2. The number of carbonyl (C=O) groups is 9. The molecule has 23 heteroatoms. The van der Waals surface area contributed by atoms with Crippen LogP contribution in [0.3, 0.4) is 0 Å². The number of carboxylic acid groups (broad SMARTS) is 2. The Bertz CT molecular complexity index is 2520. The Labute approximate surface area is 591 Å². The van der Waals surface area contributed by atoms with Gasteiger partial charge in [-0.1, -0.05) is 161 Å². The van der Waals surface area contributed by atoms with E-state index in [1.54, 1.807) is 54.5 Å². The second-order valence-corrected chi connectivity index (χ2v) is 29.2. The Morgan fingerprint density at radius 1 is 0.570 bits per heavy atom. The molecule has 544 valence electrons. The van der Waals surface area contributed by atoms with Crippen LogP contribution in [0.15, 0.2) is 0 Å². The predicted molar refractivity (Wildman–Crippen MR) is 379 cm³/mol. The van der Waals surface area contributed by atoms with E-state index in [0.717, 1.165) is 6.42 Å². The van der Waals surface area contributed by atoms with Crippen LogP contribution >= 0.6 is 35.0 Å². The Kier molecular flexibility index (Phi) is 51.5. The number of halogens is 2. The normalized spacial score (nSPS) is 18.2. The number of amides is 3. The first kappa shape index (κ1) is 84.6. The number of hydrogen-bond acceptors (Lipinski definition) is 16. The van der Waals surface area contributed by atoms with Gasteiger partial charge in [0.25, 0.3) is 0 Å². The number of esters is 2. The lowest BCUT2D eigenvalue weighted by Gasteiger charge is -2.23. The molecular weight excluding hydrogens is 1330 g/mol. The van der Waals surface area contributed by atoms with E-state index in [4.69, 9.17) is 55.0 Å². The van der Waals surface area contributed by atoms with Gasteiger partial charge in [0.2, 0.25) is 17.7 Å². The van der Waals surface area contributed by atoms with Gasteiger partial charge < -0.3 is 50.8 Å². The molecule has 0 aromatic heterocycles. The minimum absolute atomic E-state index is 0. The SMILES string of the molecule is Cl.[2H]C(C)(C)C(C#N)C(=O)O.[2H]C(C)(C)CC#N.[2H]C(C)(C)CCN.[2H]C(C)(C)CCNC(=O)[C@@H](CC(=O)OC(C)(C)C)CC(C)C.[2H]C(C)(C)CCNC(=O)[C@@H](CC(=O)[C@H]1O[C@@H]1C(=O)O)CC(C)C.[2H]C(C)(C)CCNC(=O)[C@@H](CC(=O)[C@H]1O[C@@H]1C(=O)OCC)CC(C)C.[2H]C(C)(C)I. The molecule has 0 radical (unpaired) electrons. The van der Waals surface area contributed by atoms with Gasteiger partial charge >= 0.3 is 23.9 Å². The molecule has 2 aliphatic heterocycles. The number of epoxide rings is 2. The highest BCUT2D eigenvalue weighted by molar-refractivity contribution is 14.1. The summed E-state index contributed by atoms with van der Waals surface area (Å²) >= 11 is 2.04. The first-order chi connectivity index (χ1) is 44.4. The fourth-order valence-corrected chi connectivity index (χ4v) is 7.78. The summed E-state index contributed by atoms with van der Waals surface area (Å²) in [6, 6.07) is 3.47. The second kappa shape index (κ2) is 56.7. The van der Waals surface area contributed by atoms with E-state index in [2.05, 4.69) is 16.0 Å².